The van der Waals surface area contributed by atoms with Gasteiger partial charge in [-0.25, -0.2) is 4.79 Å². The van der Waals surface area contributed by atoms with E-state index in [2.05, 4.69) is 20.9 Å². The molecule has 1 aliphatic carbocycles. The molecule has 8 nitrogen and oxygen atoms in total. The van der Waals surface area contributed by atoms with Crippen LogP contribution in [0.5, 0.6) is 0 Å². The van der Waals surface area contributed by atoms with Gasteiger partial charge in [0.15, 0.2) is 0 Å². The third-order valence-electron chi connectivity index (χ3n) is 3.88. The molecule has 1 saturated heterocycles. The first-order valence-corrected chi connectivity index (χ1v) is 8.57. The Bertz CT molecular complexity index is 477. The van der Waals surface area contributed by atoms with Crippen molar-refractivity contribution in [2.75, 3.05) is 39.3 Å². The van der Waals surface area contributed by atoms with Crippen LogP contribution in [0, 0.1) is 0 Å². The highest BCUT2D eigenvalue weighted by Crippen LogP contribution is 2.18. The summed E-state index contributed by atoms with van der Waals surface area (Å²) in [5.41, 5.74) is -0.378. The normalized spacial score (nSPS) is 19.6. The fourth-order valence-corrected chi connectivity index (χ4v) is 2.55. The van der Waals surface area contributed by atoms with E-state index in [1.807, 2.05) is 25.7 Å². The Labute approximate surface area is 143 Å². The summed E-state index contributed by atoms with van der Waals surface area (Å²) in [6, 6.07) is -0.0791. The Morgan fingerprint density at radius 1 is 0.917 bits per heavy atom. The molecular formula is C16H29N5O3. The quantitative estimate of drug-likeness (QED) is 0.628. The molecule has 1 heterocycles. The molecule has 8 heteroatoms. The van der Waals surface area contributed by atoms with Gasteiger partial charge in [-0.3, -0.25) is 24.7 Å². The molecule has 1 aliphatic heterocycles. The summed E-state index contributed by atoms with van der Waals surface area (Å²) in [5, 5.41) is 8.02. The smallest absolute Gasteiger partial charge is 0.321 e. The van der Waals surface area contributed by atoms with Crippen LogP contribution in [0.4, 0.5) is 4.79 Å². The average Bonchev–Trinajstić information content (AvgIpc) is 3.22. The van der Waals surface area contributed by atoms with Crippen LogP contribution in [0.15, 0.2) is 0 Å². The third-order valence-corrected chi connectivity index (χ3v) is 3.88. The van der Waals surface area contributed by atoms with E-state index in [9.17, 15) is 14.4 Å². The largest absolute Gasteiger partial charge is 0.352 e. The van der Waals surface area contributed by atoms with Crippen molar-refractivity contribution in [3.05, 3.63) is 0 Å². The summed E-state index contributed by atoms with van der Waals surface area (Å²) in [6.07, 6.45) is 2.19. The summed E-state index contributed by atoms with van der Waals surface area (Å²) in [4.78, 5) is 39.4. The fourth-order valence-electron chi connectivity index (χ4n) is 2.55. The maximum atomic E-state index is 11.9. The number of imide groups is 1. The van der Waals surface area contributed by atoms with Gasteiger partial charge in [-0.05, 0) is 33.6 Å². The van der Waals surface area contributed by atoms with Crippen LogP contribution in [-0.2, 0) is 9.59 Å². The highest BCUT2D eigenvalue weighted by molar-refractivity contribution is 5.95. The molecule has 0 radical (unpaired) electrons. The van der Waals surface area contributed by atoms with Crippen molar-refractivity contribution < 1.29 is 14.4 Å². The molecule has 136 valence electrons. The van der Waals surface area contributed by atoms with E-state index in [1.54, 1.807) is 0 Å². The molecular weight excluding hydrogens is 310 g/mol. The maximum Gasteiger partial charge on any atom is 0.321 e. The van der Waals surface area contributed by atoms with Crippen molar-refractivity contribution in [3.8, 4) is 0 Å². The van der Waals surface area contributed by atoms with Crippen LogP contribution >= 0.6 is 0 Å². The third kappa shape index (κ3) is 7.27. The summed E-state index contributed by atoms with van der Waals surface area (Å²) >= 11 is 0. The van der Waals surface area contributed by atoms with Crippen molar-refractivity contribution in [2.45, 2.75) is 45.2 Å². The number of urea groups is 1. The fraction of sp³-hybridized carbons (Fsp3) is 0.812. The first-order chi connectivity index (χ1) is 11.2. The highest BCUT2D eigenvalue weighted by atomic mass is 16.2. The van der Waals surface area contributed by atoms with Crippen LogP contribution in [0.25, 0.3) is 0 Å². The Kier molecular flexibility index (Phi) is 6.17. The van der Waals surface area contributed by atoms with Crippen LogP contribution < -0.4 is 16.0 Å². The monoisotopic (exact) mass is 339 g/mol. The number of amides is 4. The number of rotatable bonds is 5. The van der Waals surface area contributed by atoms with E-state index in [0.717, 1.165) is 25.9 Å². The van der Waals surface area contributed by atoms with Crippen LogP contribution in [0.3, 0.4) is 0 Å². The van der Waals surface area contributed by atoms with Gasteiger partial charge >= 0.3 is 6.03 Å². The van der Waals surface area contributed by atoms with Gasteiger partial charge < -0.3 is 10.6 Å². The minimum Gasteiger partial charge on any atom is -0.352 e. The molecule has 24 heavy (non-hydrogen) atoms. The van der Waals surface area contributed by atoms with Crippen LogP contribution in [0.2, 0.25) is 0 Å². The van der Waals surface area contributed by atoms with E-state index in [4.69, 9.17) is 0 Å². The lowest BCUT2D eigenvalue weighted by Crippen LogP contribution is -2.54. The second-order valence-corrected chi connectivity index (χ2v) is 7.65. The highest BCUT2D eigenvalue weighted by Gasteiger charge is 2.26. The standard InChI is InChI=1S/C16H29N5O3/c1-16(2,3)19-15(24)18-14(23)11-21-8-6-20(7-9-21)10-13(22)17-12-4-5-12/h12H,4-11H2,1-3H3,(H,17,22)(H2,18,19,23,24). The van der Waals surface area contributed by atoms with E-state index in [-0.39, 0.29) is 23.9 Å². The minimum atomic E-state index is -0.470. The Morgan fingerprint density at radius 3 is 1.88 bits per heavy atom. The van der Waals surface area contributed by atoms with Crippen LogP contribution in [0.1, 0.15) is 33.6 Å². The number of hydrogen-bond donors (Lipinski definition) is 3. The van der Waals surface area contributed by atoms with Gasteiger partial charge in [-0.1, -0.05) is 0 Å². The van der Waals surface area contributed by atoms with E-state index < -0.39 is 6.03 Å². The predicted molar refractivity (Wildman–Crippen MR) is 90.5 cm³/mol. The van der Waals surface area contributed by atoms with E-state index >= 15 is 0 Å². The second-order valence-electron chi connectivity index (χ2n) is 7.65. The number of carbonyl (C=O) groups is 3. The van der Waals surface area contributed by atoms with Gasteiger partial charge in [0.25, 0.3) is 0 Å². The number of nitrogens with one attached hydrogen (secondary N) is 3. The zero-order valence-electron chi connectivity index (χ0n) is 14.9. The summed E-state index contributed by atoms with van der Waals surface area (Å²) in [7, 11) is 0. The molecule has 2 aliphatic rings. The number of nitrogens with zero attached hydrogens (tertiary/aromatic N) is 2. The van der Waals surface area contributed by atoms with E-state index in [0.29, 0.717) is 25.7 Å². The average molecular weight is 339 g/mol. The van der Waals surface area contributed by atoms with Gasteiger partial charge in [-0.2, -0.15) is 0 Å². The summed E-state index contributed by atoms with van der Waals surface area (Å²) in [6.45, 7) is 9.11. The topological polar surface area (TPSA) is 93.8 Å². The van der Waals surface area contributed by atoms with Gasteiger partial charge in [0.2, 0.25) is 11.8 Å². The van der Waals surface area contributed by atoms with Crippen LogP contribution in [-0.4, -0.2) is 78.5 Å². The number of piperazine rings is 1. The Hall–Kier alpha value is -1.67. The molecule has 3 N–H and O–H groups in total. The maximum absolute atomic E-state index is 11.9. The second kappa shape index (κ2) is 7.94. The lowest BCUT2D eigenvalue weighted by Gasteiger charge is -2.33. The molecule has 2 rings (SSSR count). The van der Waals surface area contributed by atoms with Gasteiger partial charge in [0, 0.05) is 37.8 Å². The van der Waals surface area contributed by atoms with E-state index in [1.165, 1.54) is 0 Å². The zero-order chi connectivity index (χ0) is 17.7. The molecule has 0 aromatic heterocycles. The first kappa shape index (κ1) is 18.7. The van der Waals surface area contributed by atoms with Crippen molar-refractivity contribution in [1.82, 2.24) is 25.8 Å². The zero-order valence-corrected chi connectivity index (χ0v) is 14.9. The summed E-state index contributed by atoms with van der Waals surface area (Å²) in [5.74, 6) is -0.223. The van der Waals surface area contributed by atoms with Gasteiger partial charge in [0.1, 0.15) is 0 Å². The molecule has 0 atom stereocenters. The minimum absolute atomic E-state index is 0.0857. The molecule has 2 fully saturated rings. The summed E-state index contributed by atoms with van der Waals surface area (Å²) < 4.78 is 0. The van der Waals surface area contributed by atoms with Gasteiger partial charge in [-0.15, -0.1) is 0 Å². The van der Waals surface area contributed by atoms with Gasteiger partial charge in [0.05, 0.1) is 13.1 Å². The number of hydrogen-bond acceptors (Lipinski definition) is 5. The molecule has 0 bridgehead atoms. The Morgan fingerprint density at radius 2 is 1.42 bits per heavy atom. The first-order valence-electron chi connectivity index (χ1n) is 8.57. The Balaban J connectivity index is 1.62. The number of carbonyl (C=O) groups excluding carboxylic acids is 3. The predicted octanol–water partition coefficient (Wildman–Crippen LogP) is -0.493. The molecule has 1 saturated carbocycles. The lowest BCUT2D eigenvalue weighted by molar-refractivity contribution is -0.124. The molecule has 0 aromatic rings. The molecule has 0 aromatic carbocycles. The van der Waals surface area contributed by atoms with Crippen molar-refractivity contribution in [1.29, 1.82) is 0 Å². The SMILES string of the molecule is CC(C)(C)NC(=O)NC(=O)CN1CCN(CC(=O)NC2CC2)CC1. The molecule has 0 unspecified atom stereocenters. The van der Waals surface area contributed by atoms with Crippen molar-refractivity contribution in [3.63, 3.8) is 0 Å². The van der Waals surface area contributed by atoms with Crippen molar-refractivity contribution >= 4 is 17.8 Å². The molecule has 4 amide bonds. The lowest BCUT2D eigenvalue weighted by atomic mass is 10.1. The van der Waals surface area contributed by atoms with Crippen molar-refractivity contribution in [2.24, 2.45) is 0 Å². The molecule has 0 spiro atoms.